The van der Waals surface area contributed by atoms with Crippen LogP contribution in [0.3, 0.4) is 0 Å². The van der Waals surface area contributed by atoms with E-state index in [1.54, 1.807) is 48.5 Å². The van der Waals surface area contributed by atoms with Gasteiger partial charge in [-0.3, -0.25) is 18.7 Å². The fourth-order valence-corrected chi connectivity index (χ4v) is 7.36. The van der Waals surface area contributed by atoms with E-state index in [1.165, 1.54) is 44.4 Å². The van der Waals surface area contributed by atoms with Gasteiger partial charge in [-0.25, -0.2) is 16.8 Å². The maximum absolute atomic E-state index is 13.7. The first-order chi connectivity index (χ1) is 19.2. The van der Waals surface area contributed by atoms with Crippen molar-refractivity contribution in [3.63, 3.8) is 0 Å². The molecule has 0 spiro atoms. The van der Waals surface area contributed by atoms with Gasteiger partial charge in [0.1, 0.15) is 0 Å². The molecule has 0 aliphatic carbocycles. The van der Waals surface area contributed by atoms with Gasteiger partial charge in [0.05, 0.1) is 31.0 Å². The number of hydrogen-bond acceptors (Lipinski definition) is 7. The number of sulfonamides is 2. The number of rotatable bonds is 9. The van der Waals surface area contributed by atoms with Gasteiger partial charge in [0, 0.05) is 30.1 Å². The summed E-state index contributed by atoms with van der Waals surface area (Å²) >= 11 is 7.01. The number of anilines is 2. The number of hydrogen-bond donors (Lipinski definition) is 0. The van der Waals surface area contributed by atoms with Gasteiger partial charge in [-0.1, -0.05) is 58.8 Å². The molecule has 0 unspecified atom stereocenters. The maximum atomic E-state index is 13.7. The van der Waals surface area contributed by atoms with Gasteiger partial charge in [0.15, 0.2) is 0 Å². The highest BCUT2D eigenvalue weighted by atomic mass is 35.5. The van der Waals surface area contributed by atoms with Crippen LogP contribution in [0.15, 0.2) is 105 Å². The van der Waals surface area contributed by atoms with Crippen molar-refractivity contribution in [3.05, 3.63) is 111 Å². The third kappa shape index (κ3) is 6.35. The molecule has 0 saturated carbocycles. The van der Waals surface area contributed by atoms with E-state index >= 15 is 0 Å². The minimum absolute atomic E-state index is 0.0224. The highest BCUT2D eigenvalue weighted by Crippen LogP contribution is 2.44. The summed E-state index contributed by atoms with van der Waals surface area (Å²) in [5.74, 6) is 0. The molecule has 0 aromatic heterocycles. The number of aryl methyl sites for hydroxylation is 2. The predicted molar refractivity (Wildman–Crippen MR) is 162 cm³/mol. The molecule has 0 aliphatic heterocycles. The second-order valence-electron chi connectivity index (χ2n) is 9.19. The van der Waals surface area contributed by atoms with Crippen LogP contribution in [0.2, 0.25) is 5.02 Å². The largest absolute Gasteiger partial charge is 0.285 e. The van der Waals surface area contributed by atoms with Crippen molar-refractivity contribution in [2.75, 3.05) is 22.7 Å². The molecule has 0 atom stereocenters. The van der Waals surface area contributed by atoms with E-state index < -0.39 is 30.7 Å². The van der Waals surface area contributed by atoms with Crippen LogP contribution in [0.1, 0.15) is 11.1 Å². The first-order valence-electron chi connectivity index (χ1n) is 12.1. The Morgan fingerprint density at radius 2 is 1.12 bits per heavy atom. The lowest BCUT2D eigenvalue weighted by molar-refractivity contribution is -0.387. The van der Waals surface area contributed by atoms with Crippen molar-refractivity contribution in [1.29, 1.82) is 0 Å². The van der Waals surface area contributed by atoms with Crippen LogP contribution in [0.4, 0.5) is 17.1 Å². The van der Waals surface area contributed by atoms with Crippen LogP contribution < -0.4 is 8.61 Å². The van der Waals surface area contributed by atoms with E-state index in [9.17, 15) is 26.9 Å². The Morgan fingerprint density at radius 3 is 1.54 bits per heavy atom. The summed E-state index contributed by atoms with van der Waals surface area (Å²) in [5, 5.41) is 12.7. The van der Waals surface area contributed by atoms with Gasteiger partial charge < -0.3 is 0 Å². The molecule has 9 nitrogen and oxygen atoms in total. The number of halogens is 1. The van der Waals surface area contributed by atoms with Gasteiger partial charge in [-0.2, -0.15) is 0 Å². The predicted octanol–water partition coefficient (Wildman–Crippen LogP) is 6.67. The Hall–Kier alpha value is -3.58. The van der Waals surface area contributed by atoms with Crippen molar-refractivity contribution in [3.8, 4) is 0 Å². The molecular formula is C28H26ClN3O6S3. The number of benzene rings is 4. The normalized spacial score (nSPS) is 11.7. The average molecular weight is 632 g/mol. The molecule has 0 aliphatic rings. The summed E-state index contributed by atoms with van der Waals surface area (Å²) in [6.07, 6.45) is 0. The molecule has 0 fully saturated rings. The minimum Gasteiger partial charge on any atom is -0.267 e. The van der Waals surface area contributed by atoms with Crippen molar-refractivity contribution < 1.29 is 21.8 Å². The fourth-order valence-electron chi connectivity index (χ4n) is 3.90. The molecule has 4 aromatic rings. The van der Waals surface area contributed by atoms with E-state index in [2.05, 4.69) is 0 Å². The van der Waals surface area contributed by atoms with E-state index in [1.807, 2.05) is 13.8 Å². The van der Waals surface area contributed by atoms with Crippen LogP contribution in [0.5, 0.6) is 0 Å². The summed E-state index contributed by atoms with van der Waals surface area (Å²) in [5.41, 5.74) is 1.06. The van der Waals surface area contributed by atoms with Crippen molar-refractivity contribution in [2.24, 2.45) is 0 Å². The monoisotopic (exact) mass is 631 g/mol. The average Bonchev–Trinajstić information content (AvgIpc) is 2.93. The van der Waals surface area contributed by atoms with E-state index in [4.69, 9.17) is 11.6 Å². The van der Waals surface area contributed by atoms with Crippen LogP contribution in [0, 0.1) is 24.0 Å². The molecule has 0 radical (unpaired) electrons. The summed E-state index contributed by atoms with van der Waals surface area (Å²) < 4.78 is 56.5. The van der Waals surface area contributed by atoms with Crippen LogP contribution in [-0.2, 0) is 20.0 Å². The topological polar surface area (TPSA) is 118 Å². The molecule has 0 saturated heterocycles. The molecule has 0 amide bonds. The highest BCUT2D eigenvalue weighted by Gasteiger charge is 2.32. The van der Waals surface area contributed by atoms with Gasteiger partial charge in [0.2, 0.25) is 0 Å². The standard InChI is InChI=1S/C28H26ClN3O6S3/c1-19-5-13-23(14-6-19)40(35,36)30(3)25-17-27(32(33)34)28(39-22-11-9-21(29)10-12-22)18-26(25)31(4)41(37,38)24-15-7-20(2)8-16-24/h5-18H,1-4H3. The van der Waals surface area contributed by atoms with Gasteiger partial charge >= 0.3 is 0 Å². The van der Waals surface area contributed by atoms with Crippen LogP contribution >= 0.6 is 23.4 Å². The van der Waals surface area contributed by atoms with Gasteiger partial charge in [-0.15, -0.1) is 0 Å². The second-order valence-corrected chi connectivity index (χ2v) is 14.7. The lowest BCUT2D eigenvalue weighted by Gasteiger charge is -2.28. The Bertz CT molecular complexity index is 1810. The van der Waals surface area contributed by atoms with E-state index in [0.29, 0.717) is 9.92 Å². The second kappa shape index (κ2) is 11.7. The molecule has 0 heterocycles. The molecule has 4 rings (SSSR count). The quantitative estimate of drug-likeness (QED) is 0.150. The number of nitro groups is 1. The molecule has 214 valence electrons. The van der Waals surface area contributed by atoms with Crippen molar-refractivity contribution >= 4 is 60.5 Å². The number of nitro benzene ring substituents is 1. The smallest absolute Gasteiger partial charge is 0.267 e. The Balaban J connectivity index is 1.94. The zero-order chi connectivity index (χ0) is 30.1. The Labute approximate surface area is 248 Å². The minimum atomic E-state index is -4.23. The zero-order valence-electron chi connectivity index (χ0n) is 22.5. The third-order valence-electron chi connectivity index (χ3n) is 6.33. The zero-order valence-corrected chi connectivity index (χ0v) is 25.7. The lowest BCUT2D eigenvalue weighted by atomic mass is 10.2. The van der Waals surface area contributed by atoms with Crippen LogP contribution in [-0.4, -0.2) is 35.9 Å². The molecule has 41 heavy (non-hydrogen) atoms. The lowest BCUT2D eigenvalue weighted by Crippen LogP contribution is -2.32. The maximum Gasteiger partial charge on any atom is 0.285 e. The molecular weight excluding hydrogens is 606 g/mol. The third-order valence-corrected chi connectivity index (χ3v) is 11.2. The van der Waals surface area contributed by atoms with Crippen molar-refractivity contribution in [2.45, 2.75) is 33.4 Å². The van der Waals surface area contributed by atoms with E-state index in [-0.39, 0.29) is 26.1 Å². The Morgan fingerprint density at radius 1 is 0.707 bits per heavy atom. The summed E-state index contributed by atoms with van der Waals surface area (Å²) in [4.78, 5) is 12.2. The van der Waals surface area contributed by atoms with Crippen LogP contribution in [0.25, 0.3) is 0 Å². The first-order valence-corrected chi connectivity index (χ1v) is 16.2. The first kappa shape index (κ1) is 30.4. The van der Waals surface area contributed by atoms with E-state index in [0.717, 1.165) is 37.6 Å². The van der Waals surface area contributed by atoms with Gasteiger partial charge in [-0.05, 0) is 68.4 Å². The van der Waals surface area contributed by atoms with Gasteiger partial charge in [0.25, 0.3) is 25.7 Å². The van der Waals surface area contributed by atoms with Crippen molar-refractivity contribution in [1.82, 2.24) is 0 Å². The fraction of sp³-hybridized carbons (Fsp3) is 0.143. The molecule has 4 aromatic carbocycles. The SMILES string of the molecule is Cc1ccc(S(=O)(=O)N(C)c2cc(Sc3ccc(Cl)cc3)c([N+](=O)[O-])cc2N(C)S(=O)(=O)c2ccc(C)cc2)cc1. The molecule has 0 bridgehead atoms. The Kier molecular flexibility index (Phi) is 8.69. The summed E-state index contributed by atoms with van der Waals surface area (Å²) in [6.45, 7) is 3.63. The molecule has 13 heteroatoms. The highest BCUT2D eigenvalue weighted by molar-refractivity contribution is 7.99. The molecule has 0 N–H and O–H groups in total. The summed E-state index contributed by atoms with van der Waals surface area (Å²) in [6, 6.07) is 21.3. The number of nitrogens with zero attached hydrogens (tertiary/aromatic N) is 3. The summed E-state index contributed by atoms with van der Waals surface area (Å²) in [7, 11) is -5.91.